The minimum Gasteiger partial charge on any atom is -0.391 e. The van der Waals surface area contributed by atoms with E-state index in [4.69, 9.17) is 11.6 Å². The van der Waals surface area contributed by atoms with Gasteiger partial charge in [-0.15, -0.1) is 0 Å². The number of aromatic nitrogens is 2. The van der Waals surface area contributed by atoms with Gasteiger partial charge in [-0.2, -0.15) is 0 Å². The van der Waals surface area contributed by atoms with Crippen molar-refractivity contribution in [1.29, 1.82) is 0 Å². The predicted molar refractivity (Wildman–Crippen MR) is 128 cm³/mol. The van der Waals surface area contributed by atoms with Gasteiger partial charge in [0.2, 0.25) is 0 Å². The number of nitrogens with zero attached hydrogens (tertiary/aromatic N) is 2. The van der Waals surface area contributed by atoms with Gasteiger partial charge in [0, 0.05) is 21.4 Å². The van der Waals surface area contributed by atoms with Crippen molar-refractivity contribution < 1.29 is 9.90 Å². The van der Waals surface area contributed by atoms with Gasteiger partial charge in [-0.3, -0.25) is 4.79 Å². The van der Waals surface area contributed by atoms with E-state index in [2.05, 4.69) is 25.9 Å². The Morgan fingerprint density at radius 2 is 1.90 bits per heavy atom. The molecule has 1 aliphatic carbocycles. The van der Waals surface area contributed by atoms with Crippen LogP contribution < -0.4 is 4.90 Å². The van der Waals surface area contributed by atoms with Crippen LogP contribution in [-0.2, 0) is 6.42 Å². The van der Waals surface area contributed by atoms with Crippen molar-refractivity contribution in [3.63, 3.8) is 0 Å². The second-order valence-corrected chi connectivity index (χ2v) is 9.14. The molecule has 2 atom stereocenters. The molecule has 3 aromatic rings. The van der Waals surface area contributed by atoms with Crippen LogP contribution in [0, 0.1) is 0 Å². The Hall–Kier alpha value is -2.15. The molecule has 2 aromatic carbocycles. The molecule has 0 aliphatic heterocycles. The summed E-state index contributed by atoms with van der Waals surface area (Å²) >= 11 is 9.82. The normalized spacial score (nSPS) is 18.7. The maximum absolute atomic E-state index is 13.9. The molecule has 1 fully saturated rings. The highest BCUT2D eigenvalue weighted by atomic mass is 79.9. The minimum absolute atomic E-state index is 0.209. The summed E-state index contributed by atoms with van der Waals surface area (Å²) in [6.07, 6.45) is 3.46. The fourth-order valence-corrected chi connectivity index (χ4v) is 4.68. The van der Waals surface area contributed by atoms with Gasteiger partial charge >= 0.3 is 0 Å². The van der Waals surface area contributed by atoms with Crippen molar-refractivity contribution in [2.75, 3.05) is 4.90 Å². The van der Waals surface area contributed by atoms with Gasteiger partial charge < -0.3 is 15.0 Å². The number of carbonyl (C=O) groups is 1. The van der Waals surface area contributed by atoms with Crippen LogP contribution in [0.4, 0.5) is 5.69 Å². The SMILES string of the molecule is CCc1[nH]c(-c2ccccc2Cl)nc1C(=O)N(c1ccc(Br)cc1)[C@@H]1CCCC[C@@H]1O. The van der Waals surface area contributed by atoms with Crippen LogP contribution in [0.5, 0.6) is 0 Å². The topological polar surface area (TPSA) is 69.2 Å². The average molecular weight is 503 g/mol. The van der Waals surface area contributed by atoms with Crippen molar-refractivity contribution in [1.82, 2.24) is 9.97 Å². The number of carbonyl (C=O) groups excluding carboxylic acids is 1. The quantitative estimate of drug-likeness (QED) is 0.449. The van der Waals surface area contributed by atoms with Crippen molar-refractivity contribution in [2.45, 2.75) is 51.2 Å². The van der Waals surface area contributed by atoms with E-state index in [0.717, 1.165) is 40.7 Å². The van der Waals surface area contributed by atoms with Gasteiger partial charge in [0.1, 0.15) is 11.5 Å². The van der Waals surface area contributed by atoms with E-state index in [1.165, 1.54) is 0 Å². The first-order valence-corrected chi connectivity index (χ1v) is 11.8. The Kier molecular flexibility index (Phi) is 6.80. The number of H-pyrrole nitrogens is 1. The molecule has 0 unspecified atom stereocenters. The fraction of sp³-hybridized carbons (Fsp3) is 0.333. The van der Waals surface area contributed by atoms with E-state index < -0.39 is 6.10 Å². The molecular weight excluding hydrogens is 478 g/mol. The number of aliphatic hydroxyl groups excluding tert-OH is 1. The third kappa shape index (κ3) is 4.56. The smallest absolute Gasteiger partial charge is 0.279 e. The van der Waals surface area contributed by atoms with Crippen LogP contribution in [0.2, 0.25) is 5.02 Å². The maximum Gasteiger partial charge on any atom is 0.279 e. The van der Waals surface area contributed by atoms with Gasteiger partial charge in [0.15, 0.2) is 0 Å². The van der Waals surface area contributed by atoms with Crippen molar-refractivity contribution in [2.24, 2.45) is 0 Å². The van der Waals surface area contributed by atoms with E-state index in [9.17, 15) is 9.90 Å². The van der Waals surface area contributed by atoms with E-state index in [0.29, 0.717) is 29.4 Å². The van der Waals surface area contributed by atoms with Crippen molar-refractivity contribution in [3.8, 4) is 11.4 Å². The average Bonchev–Trinajstić information content (AvgIpc) is 3.21. The largest absolute Gasteiger partial charge is 0.391 e. The zero-order valence-corrected chi connectivity index (χ0v) is 19.7. The lowest BCUT2D eigenvalue weighted by molar-refractivity contribution is 0.0817. The summed E-state index contributed by atoms with van der Waals surface area (Å²) < 4.78 is 0.933. The van der Waals surface area contributed by atoms with Gasteiger partial charge in [-0.1, -0.05) is 59.4 Å². The van der Waals surface area contributed by atoms with Crippen LogP contribution in [0.1, 0.15) is 48.8 Å². The number of nitrogens with one attached hydrogen (secondary N) is 1. The summed E-state index contributed by atoms with van der Waals surface area (Å²) in [6.45, 7) is 1.99. The lowest BCUT2D eigenvalue weighted by Crippen LogP contribution is -2.49. The summed E-state index contributed by atoms with van der Waals surface area (Å²) in [5.41, 5.74) is 2.64. The van der Waals surface area contributed by atoms with E-state index >= 15 is 0 Å². The van der Waals surface area contributed by atoms with Gasteiger partial charge in [0.05, 0.1) is 17.2 Å². The zero-order chi connectivity index (χ0) is 22.0. The first kappa shape index (κ1) is 22.1. The molecular formula is C24H25BrClN3O2. The predicted octanol–water partition coefficient (Wildman–Crippen LogP) is 6.01. The minimum atomic E-state index is -0.562. The summed E-state index contributed by atoms with van der Waals surface area (Å²) in [7, 11) is 0. The molecule has 2 N–H and O–H groups in total. The molecule has 7 heteroatoms. The van der Waals surface area contributed by atoms with Crippen LogP contribution in [0.3, 0.4) is 0 Å². The summed E-state index contributed by atoms with van der Waals surface area (Å²) in [5, 5.41) is 11.3. The van der Waals surface area contributed by atoms with Crippen LogP contribution in [-0.4, -0.2) is 33.1 Å². The number of anilines is 1. The molecule has 5 nitrogen and oxygen atoms in total. The third-order valence-corrected chi connectivity index (χ3v) is 6.67. The molecule has 1 heterocycles. The number of hydrogen-bond donors (Lipinski definition) is 2. The summed E-state index contributed by atoms with van der Waals surface area (Å²) in [5.74, 6) is 0.366. The second kappa shape index (κ2) is 9.55. The highest BCUT2D eigenvalue weighted by molar-refractivity contribution is 9.10. The fourth-order valence-electron chi connectivity index (χ4n) is 4.19. The first-order valence-electron chi connectivity index (χ1n) is 10.6. The molecule has 0 bridgehead atoms. The number of aryl methyl sites for hydroxylation is 1. The molecule has 1 aliphatic rings. The summed E-state index contributed by atoms with van der Waals surface area (Å²) in [6, 6.07) is 14.8. The van der Waals surface area contributed by atoms with E-state index in [1.54, 1.807) is 11.0 Å². The Morgan fingerprint density at radius 3 is 2.58 bits per heavy atom. The molecule has 4 rings (SSSR count). The molecule has 1 saturated carbocycles. The Labute approximate surface area is 195 Å². The van der Waals surface area contributed by atoms with Crippen molar-refractivity contribution >= 4 is 39.1 Å². The molecule has 0 spiro atoms. The number of halogens is 2. The number of amides is 1. The number of imidazole rings is 1. The Morgan fingerprint density at radius 1 is 1.19 bits per heavy atom. The standard InChI is InChI=1S/C24H25BrClN3O2/c1-2-19-22(28-23(27-19)17-7-3-4-8-18(17)26)24(31)29(16-13-11-15(25)12-14-16)20-9-5-6-10-21(20)30/h3-4,7-8,11-14,20-21,30H,2,5-6,9-10H2,1H3,(H,27,28)/t20-,21+/m1/s1. The zero-order valence-electron chi connectivity index (χ0n) is 17.3. The number of rotatable bonds is 5. The number of aliphatic hydroxyl groups is 1. The van der Waals surface area contributed by atoms with E-state index in [1.807, 2.05) is 49.4 Å². The molecule has 1 amide bonds. The number of aromatic amines is 1. The van der Waals surface area contributed by atoms with Crippen LogP contribution in [0.15, 0.2) is 53.0 Å². The van der Waals surface area contributed by atoms with Crippen LogP contribution >= 0.6 is 27.5 Å². The summed E-state index contributed by atoms with van der Waals surface area (Å²) in [4.78, 5) is 23.6. The molecule has 0 saturated heterocycles. The molecule has 31 heavy (non-hydrogen) atoms. The van der Waals surface area contributed by atoms with Gasteiger partial charge in [-0.05, 0) is 55.7 Å². The number of hydrogen-bond acceptors (Lipinski definition) is 3. The van der Waals surface area contributed by atoms with Crippen molar-refractivity contribution in [3.05, 3.63) is 69.4 Å². The Bertz CT molecular complexity index is 1070. The lowest BCUT2D eigenvalue weighted by Gasteiger charge is -2.37. The lowest BCUT2D eigenvalue weighted by atomic mass is 9.90. The van der Waals surface area contributed by atoms with Crippen LogP contribution in [0.25, 0.3) is 11.4 Å². The monoisotopic (exact) mass is 501 g/mol. The molecule has 0 radical (unpaired) electrons. The second-order valence-electron chi connectivity index (χ2n) is 7.82. The molecule has 1 aromatic heterocycles. The van der Waals surface area contributed by atoms with Gasteiger partial charge in [-0.25, -0.2) is 4.98 Å². The number of benzene rings is 2. The highest BCUT2D eigenvalue weighted by Crippen LogP contribution is 2.32. The van der Waals surface area contributed by atoms with E-state index in [-0.39, 0.29) is 11.9 Å². The Balaban J connectivity index is 1.78. The third-order valence-electron chi connectivity index (χ3n) is 5.81. The highest BCUT2D eigenvalue weighted by Gasteiger charge is 2.35. The maximum atomic E-state index is 13.9. The first-order chi connectivity index (χ1) is 15.0. The molecule has 162 valence electrons. The van der Waals surface area contributed by atoms with Gasteiger partial charge in [0.25, 0.3) is 5.91 Å².